The van der Waals surface area contributed by atoms with Crippen molar-refractivity contribution in [3.8, 4) is 0 Å². The molecule has 2 aromatic rings. The van der Waals surface area contributed by atoms with Crippen LogP contribution in [0.5, 0.6) is 0 Å². The summed E-state index contributed by atoms with van der Waals surface area (Å²) in [4.78, 5) is 15.7. The van der Waals surface area contributed by atoms with Gasteiger partial charge in [-0.2, -0.15) is 4.98 Å². The number of nitrogens with zero attached hydrogens (tertiary/aromatic N) is 4. The van der Waals surface area contributed by atoms with Crippen LogP contribution in [0, 0.1) is 13.8 Å². The van der Waals surface area contributed by atoms with E-state index in [4.69, 9.17) is 0 Å². The molecule has 17 heavy (non-hydrogen) atoms. The Balaban J connectivity index is 2.40. The third-order valence-electron chi connectivity index (χ3n) is 2.44. The monoisotopic (exact) mass is 251 g/mol. The van der Waals surface area contributed by atoms with Gasteiger partial charge < -0.3 is 5.32 Å². The van der Waals surface area contributed by atoms with Crippen LogP contribution in [0.15, 0.2) is 10.9 Å². The molecular formula is C10H13N5OS. The summed E-state index contributed by atoms with van der Waals surface area (Å²) in [5, 5.41) is 7.88. The minimum Gasteiger partial charge on any atom is -0.377 e. The van der Waals surface area contributed by atoms with Crippen LogP contribution in [0.4, 0.5) is 5.00 Å². The maximum absolute atomic E-state index is 11.8. The average molecular weight is 251 g/mol. The van der Waals surface area contributed by atoms with Crippen molar-refractivity contribution in [3.05, 3.63) is 33.6 Å². The van der Waals surface area contributed by atoms with Crippen LogP contribution in [0.1, 0.15) is 17.1 Å². The van der Waals surface area contributed by atoms with E-state index in [-0.39, 0.29) is 5.69 Å². The summed E-state index contributed by atoms with van der Waals surface area (Å²) in [6.45, 7) is 4.09. The Kier molecular flexibility index (Phi) is 3.19. The molecule has 2 rings (SSSR count). The number of aromatic nitrogens is 4. The highest BCUT2D eigenvalue weighted by Gasteiger charge is 2.10. The summed E-state index contributed by atoms with van der Waals surface area (Å²) in [6, 6.07) is 1.88. The summed E-state index contributed by atoms with van der Waals surface area (Å²) in [6.07, 6.45) is 0. The minimum absolute atomic E-state index is 0.252. The molecule has 2 heterocycles. The van der Waals surface area contributed by atoms with E-state index in [1.165, 1.54) is 11.5 Å². The third kappa shape index (κ3) is 2.33. The number of aryl methyl sites for hydroxylation is 2. The summed E-state index contributed by atoms with van der Waals surface area (Å²) in [5.41, 5.74) is 2.11. The van der Waals surface area contributed by atoms with Crippen molar-refractivity contribution in [1.29, 1.82) is 0 Å². The van der Waals surface area contributed by atoms with Crippen molar-refractivity contribution >= 4 is 16.5 Å². The van der Waals surface area contributed by atoms with Gasteiger partial charge >= 0.3 is 5.69 Å². The molecule has 0 amide bonds. The molecule has 90 valence electrons. The Hall–Kier alpha value is -1.76. The van der Waals surface area contributed by atoms with E-state index in [2.05, 4.69) is 19.9 Å². The van der Waals surface area contributed by atoms with E-state index in [1.807, 2.05) is 27.0 Å². The zero-order valence-electron chi connectivity index (χ0n) is 9.89. The van der Waals surface area contributed by atoms with Crippen molar-refractivity contribution < 1.29 is 0 Å². The topological polar surface area (TPSA) is 72.7 Å². The molecule has 0 fully saturated rings. The second-order valence-corrected chi connectivity index (χ2v) is 4.46. The molecule has 0 aliphatic rings. The van der Waals surface area contributed by atoms with E-state index in [0.29, 0.717) is 6.54 Å². The lowest BCUT2D eigenvalue weighted by Crippen LogP contribution is -2.26. The van der Waals surface area contributed by atoms with Crippen LogP contribution in [0.2, 0.25) is 0 Å². The molecule has 0 radical (unpaired) electrons. The second-order valence-electron chi connectivity index (χ2n) is 3.71. The Morgan fingerprint density at radius 2 is 2.24 bits per heavy atom. The molecule has 1 N–H and O–H groups in total. The van der Waals surface area contributed by atoms with Crippen molar-refractivity contribution in [1.82, 2.24) is 19.1 Å². The maximum atomic E-state index is 11.8. The normalized spacial score (nSPS) is 10.5. The molecular weight excluding hydrogens is 238 g/mol. The van der Waals surface area contributed by atoms with Crippen molar-refractivity contribution in [2.24, 2.45) is 0 Å². The van der Waals surface area contributed by atoms with Gasteiger partial charge in [-0.15, -0.1) is 5.10 Å². The van der Waals surface area contributed by atoms with Crippen LogP contribution in [-0.2, 0) is 6.54 Å². The molecule has 0 unspecified atom stereocenters. The van der Waals surface area contributed by atoms with Crippen molar-refractivity contribution in [2.45, 2.75) is 20.4 Å². The van der Waals surface area contributed by atoms with Gasteiger partial charge in [-0.1, -0.05) is 4.49 Å². The van der Waals surface area contributed by atoms with Crippen LogP contribution in [0.3, 0.4) is 0 Å². The Morgan fingerprint density at radius 1 is 1.47 bits per heavy atom. The lowest BCUT2D eigenvalue weighted by Gasteiger charge is -2.08. The summed E-state index contributed by atoms with van der Waals surface area (Å²) >= 11 is 1.28. The van der Waals surface area contributed by atoms with Gasteiger partial charge in [-0.25, -0.2) is 4.79 Å². The van der Waals surface area contributed by atoms with Gasteiger partial charge in [-0.05, 0) is 19.9 Å². The van der Waals surface area contributed by atoms with Gasteiger partial charge in [0.1, 0.15) is 10.7 Å². The molecule has 7 heteroatoms. The van der Waals surface area contributed by atoms with E-state index in [1.54, 1.807) is 4.57 Å². The lowest BCUT2D eigenvalue weighted by atomic mass is 10.3. The van der Waals surface area contributed by atoms with Gasteiger partial charge in [0, 0.05) is 30.0 Å². The fourth-order valence-corrected chi connectivity index (χ4v) is 2.14. The van der Waals surface area contributed by atoms with Gasteiger partial charge in [0.25, 0.3) is 0 Å². The minimum atomic E-state index is -0.252. The van der Waals surface area contributed by atoms with Gasteiger partial charge in [0.2, 0.25) is 0 Å². The molecule has 0 saturated heterocycles. The number of anilines is 1. The van der Waals surface area contributed by atoms with E-state index < -0.39 is 0 Å². The lowest BCUT2D eigenvalue weighted by molar-refractivity contribution is 0.679. The first-order valence-corrected chi connectivity index (χ1v) is 5.93. The smallest absolute Gasteiger partial charge is 0.348 e. The number of hydrogen-bond donors (Lipinski definition) is 1. The van der Waals surface area contributed by atoms with E-state index >= 15 is 0 Å². The Morgan fingerprint density at radius 3 is 2.88 bits per heavy atom. The van der Waals surface area contributed by atoms with E-state index in [0.717, 1.165) is 22.1 Å². The quantitative estimate of drug-likeness (QED) is 0.873. The first-order chi connectivity index (χ1) is 8.11. The Bertz CT molecular complexity index is 589. The number of hydrogen-bond acceptors (Lipinski definition) is 6. The van der Waals surface area contributed by atoms with Crippen LogP contribution in [0.25, 0.3) is 0 Å². The maximum Gasteiger partial charge on any atom is 0.348 e. The highest BCUT2D eigenvalue weighted by molar-refractivity contribution is 7.10. The molecule has 0 bridgehead atoms. The summed E-state index contributed by atoms with van der Waals surface area (Å²) in [7, 11) is 1.81. The van der Waals surface area contributed by atoms with Gasteiger partial charge in [0.05, 0.1) is 6.54 Å². The predicted molar refractivity (Wildman–Crippen MR) is 66.5 cm³/mol. The SMILES string of the molecule is CNc1snnc1Cn1c(C)cc(C)nc1=O. The molecule has 0 aliphatic heterocycles. The Labute approximate surface area is 102 Å². The zero-order valence-corrected chi connectivity index (χ0v) is 10.7. The van der Waals surface area contributed by atoms with Gasteiger partial charge in [0.15, 0.2) is 0 Å². The van der Waals surface area contributed by atoms with Gasteiger partial charge in [-0.3, -0.25) is 4.57 Å². The molecule has 0 saturated carbocycles. The molecule has 2 aromatic heterocycles. The number of rotatable bonds is 3. The summed E-state index contributed by atoms with van der Waals surface area (Å²) in [5.74, 6) is 0. The zero-order chi connectivity index (χ0) is 12.4. The highest BCUT2D eigenvalue weighted by atomic mass is 32.1. The fraction of sp³-hybridized carbons (Fsp3) is 0.400. The summed E-state index contributed by atoms with van der Waals surface area (Å²) < 4.78 is 5.45. The molecule has 0 aliphatic carbocycles. The first kappa shape index (κ1) is 11.7. The predicted octanol–water partition coefficient (Wildman–Crippen LogP) is 0.802. The van der Waals surface area contributed by atoms with Crippen LogP contribution < -0.4 is 11.0 Å². The van der Waals surface area contributed by atoms with Crippen LogP contribution in [-0.4, -0.2) is 26.2 Å². The molecule has 0 aromatic carbocycles. The largest absolute Gasteiger partial charge is 0.377 e. The first-order valence-electron chi connectivity index (χ1n) is 5.16. The second kappa shape index (κ2) is 4.62. The third-order valence-corrected chi connectivity index (χ3v) is 3.22. The standard InChI is InChI=1S/C10H13N5OS/c1-6-4-7(2)15(10(16)12-6)5-8-9(11-3)17-14-13-8/h4,11H,5H2,1-3H3. The van der Waals surface area contributed by atoms with Crippen molar-refractivity contribution in [3.63, 3.8) is 0 Å². The van der Waals surface area contributed by atoms with Crippen molar-refractivity contribution in [2.75, 3.05) is 12.4 Å². The van der Waals surface area contributed by atoms with Crippen LogP contribution >= 0.6 is 11.5 Å². The number of nitrogens with one attached hydrogen (secondary N) is 1. The average Bonchev–Trinajstić information content (AvgIpc) is 2.70. The fourth-order valence-electron chi connectivity index (χ4n) is 1.62. The molecule has 6 nitrogen and oxygen atoms in total. The highest BCUT2D eigenvalue weighted by Crippen LogP contribution is 2.17. The molecule has 0 atom stereocenters. The molecule has 0 spiro atoms. The van der Waals surface area contributed by atoms with E-state index in [9.17, 15) is 4.79 Å².